The molecule has 3 aromatic rings. The van der Waals surface area contributed by atoms with Crippen LogP contribution in [0.4, 0.5) is 0 Å². The Morgan fingerprint density at radius 1 is 1.21 bits per heavy atom. The number of fused-ring (bicyclic) bond motifs is 1. The van der Waals surface area contributed by atoms with Gasteiger partial charge < -0.3 is 14.2 Å². The molecule has 0 aliphatic carbocycles. The summed E-state index contributed by atoms with van der Waals surface area (Å²) in [5.41, 5.74) is 1.29. The number of rotatable bonds is 4. The van der Waals surface area contributed by atoms with Gasteiger partial charge >= 0.3 is 5.97 Å². The molecule has 1 N–H and O–H groups in total. The summed E-state index contributed by atoms with van der Waals surface area (Å²) in [6, 6.07) is 7.20. The average Bonchev–Trinajstić information content (AvgIpc) is 3.05. The van der Waals surface area contributed by atoms with Gasteiger partial charge in [0.05, 0.1) is 11.9 Å². The molecule has 0 aliphatic rings. The molecule has 0 unspecified atom stereocenters. The Morgan fingerprint density at radius 3 is 2.84 bits per heavy atom. The summed E-state index contributed by atoms with van der Waals surface area (Å²) in [4.78, 5) is 15.1. The highest BCUT2D eigenvalue weighted by molar-refractivity contribution is 6.02. The quantitative estimate of drug-likeness (QED) is 0.777. The minimum Gasteiger partial charge on any atom is -0.478 e. The normalized spacial score (nSPS) is 10.9. The van der Waals surface area contributed by atoms with Crippen molar-refractivity contribution in [3.8, 4) is 0 Å². The summed E-state index contributed by atoms with van der Waals surface area (Å²) in [6.07, 6.45) is 7.35. The summed E-state index contributed by atoms with van der Waals surface area (Å²) in [5.74, 6) is -0.891. The fourth-order valence-electron chi connectivity index (χ4n) is 2.25. The second-order valence-corrected chi connectivity index (χ2v) is 4.35. The molecule has 0 fully saturated rings. The van der Waals surface area contributed by atoms with Crippen molar-refractivity contribution in [3.05, 3.63) is 54.7 Å². The Labute approximate surface area is 109 Å². The lowest BCUT2D eigenvalue weighted by molar-refractivity contribution is 0.0699. The summed E-state index contributed by atoms with van der Waals surface area (Å²) >= 11 is 0. The number of benzene rings is 1. The van der Waals surface area contributed by atoms with Crippen molar-refractivity contribution in [1.29, 1.82) is 0 Å². The first-order valence-corrected chi connectivity index (χ1v) is 6.02. The van der Waals surface area contributed by atoms with Gasteiger partial charge in [-0.25, -0.2) is 9.78 Å². The summed E-state index contributed by atoms with van der Waals surface area (Å²) in [7, 11) is 0. The summed E-state index contributed by atoms with van der Waals surface area (Å²) in [6.45, 7) is 1.59. The van der Waals surface area contributed by atoms with Crippen LogP contribution in [0.2, 0.25) is 0 Å². The van der Waals surface area contributed by atoms with Crippen molar-refractivity contribution in [2.75, 3.05) is 0 Å². The largest absolute Gasteiger partial charge is 0.478 e. The van der Waals surface area contributed by atoms with Crippen LogP contribution in [0.15, 0.2) is 49.2 Å². The molecule has 0 amide bonds. The summed E-state index contributed by atoms with van der Waals surface area (Å²) < 4.78 is 4.05. The first-order chi connectivity index (χ1) is 9.25. The molecular formula is C14H13N3O2. The van der Waals surface area contributed by atoms with Crippen LogP contribution in [-0.4, -0.2) is 25.2 Å². The molecule has 0 aliphatic heterocycles. The molecule has 3 rings (SSSR count). The van der Waals surface area contributed by atoms with E-state index >= 15 is 0 Å². The van der Waals surface area contributed by atoms with Gasteiger partial charge in [-0.3, -0.25) is 0 Å². The van der Waals surface area contributed by atoms with Crippen molar-refractivity contribution < 1.29 is 9.90 Å². The second kappa shape index (κ2) is 4.61. The smallest absolute Gasteiger partial charge is 0.336 e. The predicted molar refractivity (Wildman–Crippen MR) is 71.1 cm³/mol. The van der Waals surface area contributed by atoms with E-state index in [9.17, 15) is 4.79 Å². The molecule has 5 nitrogen and oxygen atoms in total. The van der Waals surface area contributed by atoms with E-state index in [1.807, 2.05) is 29.1 Å². The van der Waals surface area contributed by atoms with Gasteiger partial charge in [-0.1, -0.05) is 6.07 Å². The zero-order valence-electron chi connectivity index (χ0n) is 10.2. The van der Waals surface area contributed by atoms with Crippen LogP contribution in [0.1, 0.15) is 10.4 Å². The van der Waals surface area contributed by atoms with E-state index < -0.39 is 5.97 Å². The highest BCUT2D eigenvalue weighted by atomic mass is 16.4. The number of carboxylic acids is 1. The zero-order chi connectivity index (χ0) is 13.2. The fraction of sp³-hybridized carbons (Fsp3) is 0.143. The van der Waals surface area contributed by atoms with Gasteiger partial charge in [0.2, 0.25) is 0 Å². The molecule has 1 aromatic carbocycles. The minimum atomic E-state index is -0.891. The average molecular weight is 255 g/mol. The molecular weight excluding hydrogens is 242 g/mol. The highest BCUT2D eigenvalue weighted by Crippen LogP contribution is 2.20. The van der Waals surface area contributed by atoms with Gasteiger partial charge in [-0.15, -0.1) is 0 Å². The van der Waals surface area contributed by atoms with E-state index in [0.29, 0.717) is 5.56 Å². The number of nitrogens with zero attached hydrogens (tertiary/aromatic N) is 3. The van der Waals surface area contributed by atoms with Crippen LogP contribution in [0.5, 0.6) is 0 Å². The number of hydrogen-bond donors (Lipinski definition) is 1. The van der Waals surface area contributed by atoms with E-state index in [-0.39, 0.29) is 0 Å². The van der Waals surface area contributed by atoms with Crippen molar-refractivity contribution in [2.24, 2.45) is 0 Å². The van der Waals surface area contributed by atoms with Crippen LogP contribution in [0.25, 0.3) is 10.9 Å². The summed E-state index contributed by atoms with van der Waals surface area (Å²) in [5, 5.41) is 9.93. The topological polar surface area (TPSA) is 60.0 Å². The zero-order valence-corrected chi connectivity index (χ0v) is 10.2. The molecule has 0 saturated heterocycles. The van der Waals surface area contributed by atoms with Gasteiger partial charge in [0.15, 0.2) is 0 Å². The highest BCUT2D eigenvalue weighted by Gasteiger charge is 2.10. The molecule has 19 heavy (non-hydrogen) atoms. The molecule has 0 atom stereocenters. The molecule has 2 heterocycles. The standard InChI is InChI=1S/C14H13N3O2/c18-14(19)12-2-1-3-13-11(12)4-6-17(13)9-8-16-7-5-15-10-16/h1-7,10H,8-9H2,(H,18,19). The maximum Gasteiger partial charge on any atom is 0.336 e. The van der Waals surface area contributed by atoms with Crippen LogP contribution < -0.4 is 0 Å². The first kappa shape index (κ1) is 11.5. The van der Waals surface area contributed by atoms with E-state index in [2.05, 4.69) is 9.55 Å². The van der Waals surface area contributed by atoms with Crippen LogP contribution in [0, 0.1) is 0 Å². The van der Waals surface area contributed by atoms with Gasteiger partial charge in [0, 0.05) is 42.6 Å². The van der Waals surface area contributed by atoms with E-state index in [1.54, 1.807) is 24.7 Å². The van der Waals surface area contributed by atoms with Crippen molar-refractivity contribution in [1.82, 2.24) is 14.1 Å². The Kier molecular flexibility index (Phi) is 2.79. The number of hydrogen-bond acceptors (Lipinski definition) is 2. The number of aromatic nitrogens is 3. The number of aromatic carboxylic acids is 1. The Balaban J connectivity index is 1.92. The Bertz CT molecular complexity index is 713. The fourth-order valence-corrected chi connectivity index (χ4v) is 2.25. The number of aryl methyl sites for hydroxylation is 2. The van der Waals surface area contributed by atoms with E-state index in [1.165, 1.54) is 0 Å². The van der Waals surface area contributed by atoms with Crippen molar-refractivity contribution in [2.45, 2.75) is 13.1 Å². The Hall–Kier alpha value is -2.56. The van der Waals surface area contributed by atoms with Crippen LogP contribution in [-0.2, 0) is 13.1 Å². The van der Waals surface area contributed by atoms with Gasteiger partial charge in [0.1, 0.15) is 0 Å². The second-order valence-electron chi connectivity index (χ2n) is 4.35. The third kappa shape index (κ3) is 2.10. The third-order valence-corrected chi connectivity index (χ3v) is 3.20. The molecule has 0 bridgehead atoms. The molecule has 0 saturated carbocycles. The van der Waals surface area contributed by atoms with Gasteiger partial charge in [-0.2, -0.15) is 0 Å². The lowest BCUT2D eigenvalue weighted by atomic mass is 10.1. The third-order valence-electron chi connectivity index (χ3n) is 3.20. The molecule has 96 valence electrons. The number of carbonyl (C=O) groups is 1. The molecule has 0 spiro atoms. The van der Waals surface area contributed by atoms with Crippen LogP contribution in [0.3, 0.4) is 0 Å². The molecule has 5 heteroatoms. The lowest BCUT2D eigenvalue weighted by Gasteiger charge is -2.06. The van der Waals surface area contributed by atoms with Gasteiger partial charge in [-0.05, 0) is 18.2 Å². The lowest BCUT2D eigenvalue weighted by Crippen LogP contribution is -2.05. The molecule has 2 aromatic heterocycles. The number of carboxylic acid groups (broad SMARTS) is 1. The SMILES string of the molecule is O=C(O)c1cccc2c1ccn2CCn1ccnc1. The first-order valence-electron chi connectivity index (χ1n) is 6.02. The monoisotopic (exact) mass is 255 g/mol. The Morgan fingerprint density at radius 2 is 2.11 bits per heavy atom. The predicted octanol–water partition coefficient (Wildman–Crippen LogP) is 2.24. The van der Waals surface area contributed by atoms with E-state index in [0.717, 1.165) is 24.0 Å². The van der Waals surface area contributed by atoms with Crippen molar-refractivity contribution in [3.63, 3.8) is 0 Å². The number of imidazole rings is 1. The maximum atomic E-state index is 11.1. The van der Waals surface area contributed by atoms with Crippen molar-refractivity contribution >= 4 is 16.9 Å². The van der Waals surface area contributed by atoms with Crippen LogP contribution >= 0.6 is 0 Å². The molecule has 0 radical (unpaired) electrons. The maximum absolute atomic E-state index is 11.1. The van der Waals surface area contributed by atoms with Gasteiger partial charge in [0.25, 0.3) is 0 Å². The van der Waals surface area contributed by atoms with E-state index in [4.69, 9.17) is 5.11 Å². The minimum absolute atomic E-state index is 0.346.